The number of carbonyl (C=O) groups is 2. The van der Waals surface area contributed by atoms with Crippen molar-refractivity contribution in [3.05, 3.63) is 0 Å². The summed E-state index contributed by atoms with van der Waals surface area (Å²) >= 11 is 0. The molecule has 0 unspecified atom stereocenters. The number of hydrogen-bond acceptors (Lipinski definition) is 5. The first-order valence-electron chi connectivity index (χ1n) is 10.2. The molecular formula is C21H32O5. The number of aliphatic hydroxyl groups excluding tert-OH is 2. The summed E-state index contributed by atoms with van der Waals surface area (Å²) in [5.74, 6) is 0.380. The molecule has 4 aliphatic rings. The third-order valence-electron chi connectivity index (χ3n) is 9.08. The zero-order valence-corrected chi connectivity index (χ0v) is 15.9. The molecule has 5 nitrogen and oxygen atoms in total. The van der Waals surface area contributed by atoms with Crippen LogP contribution < -0.4 is 0 Å². The van der Waals surface area contributed by atoms with Crippen LogP contribution >= 0.6 is 0 Å². The van der Waals surface area contributed by atoms with Gasteiger partial charge in [0.05, 0.1) is 6.10 Å². The molecular weight excluding hydrogens is 332 g/mol. The Kier molecular flexibility index (Phi) is 4.18. The van der Waals surface area contributed by atoms with E-state index in [1.807, 2.05) is 6.92 Å². The summed E-state index contributed by atoms with van der Waals surface area (Å²) in [6, 6.07) is 0. The molecule has 4 rings (SSSR count). The Bertz CT molecular complexity index is 632. The molecule has 3 N–H and O–H groups in total. The van der Waals surface area contributed by atoms with Crippen LogP contribution in [0.1, 0.15) is 65.2 Å². The first-order valence-corrected chi connectivity index (χ1v) is 10.2. The summed E-state index contributed by atoms with van der Waals surface area (Å²) in [5, 5.41) is 30.6. The summed E-state index contributed by atoms with van der Waals surface area (Å²) in [4.78, 5) is 25.7. The molecule has 0 radical (unpaired) electrons. The Morgan fingerprint density at radius 2 is 1.88 bits per heavy atom. The normalized spacial score (nSPS) is 53.6. The Hall–Kier alpha value is -0.780. The van der Waals surface area contributed by atoms with Gasteiger partial charge in [0.25, 0.3) is 0 Å². The summed E-state index contributed by atoms with van der Waals surface area (Å²) in [7, 11) is 0. The van der Waals surface area contributed by atoms with Crippen LogP contribution in [0.15, 0.2) is 0 Å². The molecule has 0 aromatic heterocycles. The number of Topliss-reactive ketones (excluding diaryl/α,β-unsaturated/α-hetero) is 2. The fraction of sp³-hybridized carbons (Fsp3) is 0.905. The molecule has 0 heterocycles. The third-order valence-corrected chi connectivity index (χ3v) is 9.08. The Morgan fingerprint density at radius 3 is 2.58 bits per heavy atom. The lowest BCUT2D eigenvalue weighted by atomic mass is 9.44. The van der Waals surface area contributed by atoms with Gasteiger partial charge >= 0.3 is 0 Å². The highest BCUT2D eigenvalue weighted by Crippen LogP contribution is 2.67. The second-order valence-electron chi connectivity index (χ2n) is 10.00. The first-order chi connectivity index (χ1) is 12.2. The zero-order valence-electron chi connectivity index (χ0n) is 15.9. The van der Waals surface area contributed by atoms with E-state index in [1.165, 1.54) is 0 Å². The molecule has 4 saturated carbocycles. The van der Waals surface area contributed by atoms with Gasteiger partial charge < -0.3 is 15.3 Å². The molecule has 5 heteroatoms. The largest absolute Gasteiger partial charge is 0.393 e. The predicted molar refractivity (Wildman–Crippen MR) is 95.2 cm³/mol. The fourth-order valence-corrected chi connectivity index (χ4v) is 7.64. The van der Waals surface area contributed by atoms with Gasteiger partial charge in [-0.3, -0.25) is 9.59 Å². The highest BCUT2D eigenvalue weighted by molar-refractivity contribution is 5.92. The van der Waals surface area contributed by atoms with Gasteiger partial charge in [-0.25, -0.2) is 0 Å². The van der Waals surface area contributed by atoms with E-state index in [1.54, 1.807) is 0 Å². The SMILES string of the molecule is C[C@]12CC[C@@H](O)C[C@@H]1CC[C@@H]1[C@@H]2C(=O)C[C@@]2(C)[C@H]1CC[C@]2(O)C(=O)CO. The van der Waals surface area contributed by atoms with Crippen LogP contribution in [0.25, 0.3) is 0 Å². The smallest absolute Gasteiger partial charge is 0.190 e. The van der Waals surface area contributed by atoms with E-state index in [-0.39, 0.29) is 41.5 Å². The maximum absolute atomic E-state index is 13.4. The zero-order chi connectivity index (χ0) is 18.9. The van der Waals surface area contributed by atoms with E-state index >= 15 is 0 Å². The topological polar surface area (TPSA) is 94.8 Å². The monoisotopic (exact) mass is 364 g/mol. The lowest BCUT2D eigenvalue weighted by Crippen LogP contribution is -2.62. The molecule has 0 amide bonds. The van der Waals surface area contributed by atoms with Gasteiger partial charge in [0, 0.05) is 17.8 Å². The summed E-state index contributed by atoms with van der Waals surface area (Å²) in [6.07, 6.45) is 5.47. The van der Waals surface area contributed by atoms with Crippen molar-refractivity contribution in [1.82, 2.24) is 0 Å². The highest BCUT2D eigenvalue weighted by atomic mass is 16.3. The molecule has 0 saturated heterocycles. The first kappa shape index (κ1) is 18.6. The predicted octanol–water partition coefficient (Wildman–Crippen LogP) is 1.86. The summed E-state index contributed by atoms with van der Waals surface area (Å²) in [6.45, 7) is 3.46. The van der Waals surface area contributed by atoms with Crippen LogP contribution in [0, 0.1) is 34.5 Å². The quantitative estimate of drug-likeness (QED) is 0.695. The number of carbonyl (C=O) groups excluding carboxylic acids is 2. The van der Waals surface area contributed by atoms with E-state index in [9.17, 15) is 24.9 Å². The molecule has 4 aliphatic carbocycles. The van der Waals surface area contributed by atoms with Gasteiger partial charge in [0.15, 0.2) is 5.78 Å². The Balaban J connectivity index is 1.70. The van der Waals surface area contributed by atoms with Crippen LogP contribution in [0.4, 0.5) is 0 Å². The highest BCUT2D eigenvalue weighted by Gasteiger charge is 2.68. The molecule has 26 heavy (non-hydrogen) atoms. The Morgan fingerprint density at radius 1 is 1.15 bits per heavy atom. The molecule has 8 atom stereocenters. The van der Waals surface area contributed by atoms with Gasteiger partial charge in [0.1, 0.15) is 18.0 Å². The molecule has 0 spiro atoms. The van der Waals surface area contributed by atoms with E-state index < -0.39 is 23.4 Å². The van der Waals surface area contributed by atoms with Crippen molar-refractivity contribution in [3.63, 3.8) is 0 Å². The van der Waals surface area contributed by atoms with Crippen molar-refractivity contribution < 1.29 is 24.9 Å². The molecule has 0 aromatic carbocycles. The molecule has 0 aromatic rings. The maximum atomic E-state index is 13.4. The lowest BCUT2D eigenvalue weighted by molar-refractivity contribution is -0.180. The van der Waals surface area contributed by atoms with Crippen molar-refractivity contribution in [2.45, 2.75) is 76.9 Å². The van der Waals surface area contributed by atoms with Crippen LogP contribution in [0.5, 0.6) is 0 Å². The summed E-state index contributed by atoms with van der Waals surface area (Å²) < 4.78 is 0. The second-order valence-corrected chi connectivity index (χ2v) is 10.00. The van der Waals surface area contributed by atoms with Crippen molar-refractivity contribution >= 4 is 11.6 Å². The van der Waals surface area contributed by atoms with E-state index in [0.29, 0.717) is 12.3 Å². The second kappa shape index (κ2) is 5.86. The molecule has 0 aliphatic heterocycles. The van der Waals surface area contributed by atoms with Crippen molar-refractivity contribution in [2.75, 3.05) is 6.61 Å². The molecule has 146 valence electrons. The van der Waals surface area contributed by atoms with Crippen LogP contribution in [-0.2, 0) is 9.59 Å². The standard InChI is InChI=1S/C21H32O5/c1-19-7-5-13(23)9-12(19)3-4-14-15-6-8-21(26,17(25)11-22)20(15,2)10-16(24)18(14)19/h12-15,18,22-23,26H,3-11H2,1-2H3/t12-,13+,14-,15-,18+,19-,20-,21-/m0/s1. The van der Waals surface area contributed by atoms with Crippen LogP contribution in [0.2, 0.25) is 0 Å². The Labute approximate surface area is 155 Å². The van der Waals surface area contributed by atoms with Crippen molar-refractivity contribution in [3.8, 4) is 0 Å². The van der Waals surface area contributed by atoms with Gasteiger partial charge in [-0.15, -0.1) is 0 Å². The number of fused-ring (bicyclic) bond motifs is 5. The van der Waals surface area contributed by atoms with Crippen LogP contribution in [0.3, 0.4) is 0 Å². The molecule has 0 bridgehead atoms. The molecule has 4 fully saturated rings. The van der Waals surface area contributed by atoms with E-state index in [4.69, 9.17) is 0 Å². The third kappa shape index (κ3) is 2.20. The minimum Gasteiger partial charge on any atom is -0.393 e. The fourth-order valence-electron chi connectivity index (χ4n) is 7.64. The number of rotatable bonds is 2. The van der Waals surface area contributed by atoms with E-state index in [2.05, 4.69) is 6.92 Å². The van der Waals surface area contributed by atoms with E-state index in [0.717, 1.165) is 38.5 Å². The number of ketones is 2. The van der Waals surface area contributed by atoms with Gasteiger partial charge in [-0.05, 0) is 68.1 Å². The van der Waals surface area contributed by atoms with Crippen molar-refractivity contribution in [1.29, 1.82) is 0 Å². The summed E-state index contributed by atoms with van der Waals surface area (Å²) in [5.41, 5.74) is -2.40. The maximum Gasteiger partial charge on any atom is 0.190 e. The van der Waals surface area contributed by atoms with Gasteiger partial charge in [-0.2, -0.15) is 0 Å². The van der Waals surface area contributed by atoms with Gasteiger partial charge in [0.2, 0.25) is 0 Å². The number of hydrogen-bond donors (Lipinski definition) is 3. The minimum atomic E-state index is -1.58. The average molecular weight is 364 g/mol. The minimum absolute atomic E-state index is 0.0154. The van der Waals surface area contributed by atoms with Crippen LogP contribution in [-0.4, -0.2) is 45.2 Å². The number of aliphatic hydroxyl groups is 3. The van der Waals surface area contributed by atoms with Crippen molar-refractivity contribution in [2.24, 2.45) is 34.5 Å². The lowest BCUT2D eigenvalue weighted by Gasteiger charge is -2.60. The van der Waals surface area contributed by atoms with Gasteiger partial charge in [-0.1, -0.05) is 13.8 Å². The average Bonchev–Trinajstić information content (AvgIpc) is 2.86.